The molecule has 4 N–H and O–H groups in total. The molecule has 0 radical (unpaired) electrons. The Morgan fingerprint density at radius 1 is 1.44 bits per heavy atom. The average molecular weight is 221 g/mol. The average Bonchev–Trinajstić information content (AvgIpc) is 2.29. The molecule has 0 saturated heterocycles. The second kappa shape index (κ2) is 6.12. The zero-order valence-corrected chi connectivity index (χ0v) is 9.77. The Hall–Kier alpha value is -1.55. The van der Waals surface area contributed by atoms with Gasteiger partial charge in [0.1, 0.15) is 5.84 Å². The molecule has 0 saturated carbocycles. The van der Waals surface area contributed by atoms with Crippen molar-refractivity contribution < 1.29 is 5.21 Å². The smallest absolute Gasteiger partial charge is 0.140 e. The quantitative estimate of drug-likeness (QED) is 0.307. The van der Waals surface area contributed by atoms with Crippen molar-refractivity contribution in [1.29, 1.82) is 0 Å². The standard InChI is InChI=1S/C12H19N3O/c1-9-3-5-11(6-4-9)10(2)14-8-7-12(13)15-16/h3-6,10,14,16H,7-8H2,1-2H3,(H2,13,15). The van der Waals surface area contributed by atoms with E-state index in [-0.39, 0.29) is 11.9 Å². The van der Waals surface area contributed by atoms with Crippen LogP contribution < -0.4 is 11.1 Å². The molecule has 0 spiro atoms. The first-order chi connectivity index (χ1) is 7.63. The minimum absolute atomic E-state index is 0.253. The fourth-order valence-electron chi connectivity index (χ4n) is 1.44. The highest BCUT2D eigenvalue weighted by molar-refractivity contribution is 5.79. The van der Waals surface area contributed by atoms with E-state index < -0.39 is 0 Å². The van der Waals surface area contributed by atoms with E-state index in [9.17, 15) is 0 Å². The number of nitrogens with one attached hydrogen (secondary N) is 1. The summed E-state index contributed by atoms with van der Waals surface area (Å²) >= 11 is 0. The molecule has 0 amide bonds. The number of hydrogen-bond acceptors (Lipinski definition) is 3. The van der Waals surface area contributed by atoms with Crippen LogP contribution in [0.4, 0.5) is 0 Å². The van der Waals surface area contributed by atoms with Crippen LogP contribution in [0.5, 0.6) is 0 Å². The Labute approximate surface area is 96.2 Å². The molecule has 0 aliphatic rings. The first kappa shape index (κ1) is 12.5. The molecule has 1 aromatic rings. The highest BCUT2D eigenvalue weighted by Gasteiger charge is 2.04. The van der Waals surface area contributed by atoms with E-state index in [1.807, 2.05) is 0 Å². The number of amidine groups is 1. The molecule has 0 aliphatic carbocycles. The number of nitrogens with zero attached hydrogens (tertiary/aromatic N) is 1. The molecule has 4 heteroatoms. The molecule has 0 aromatic heterocycles. The number of benzene rings is 1. The lowest BCUT2D eigenvalue weighted by Gasteiger charge is -2.14. The van der Waals surface area contributed by atoms with Gasteiger partial charge in [-0.3, -0.25) is 0 Å². The van der Waals surface area contributed by atoms with E-state index in [0.29, 0.717) is 13.0 Å². The summed E-state index contributed by atoms with van der Waals surface area (Å²) in [6.45, 7) is 4.86. The van der Waals surface area contributed by atoms with Crippen molar-refractivity contribution in [2.75, 3.05) is 6.54 Å². The van der Waals surface area contributed by atoms with Crippen molar-refractivity contribution in [2.45, 2.75) is 26.3 Å². The summed E-state index contributed by atoms with van der Waals surface area (Å²) in [5.74, 6) is 0.253. The van der Waals surface area contributed by atoms with Crippen molar-refractivity contribution in [3.05, 3.63) is 35.4 Å². The maximum Gasteiger partial charge on any atom is 0.140 e. The van der Waals surface area contributed by atoms with E-state index in [4.69, 9.17) is 10.9 Å². The number of hydrogen-bond donors (Lipinski definition) is 3. The topological polar surface area (TPSA) is 70.6 Å². The second-order valence-corrected chi connectivity index (χ2v) is 3.93. The molecule has 16 heavy (non-hydrogen) atoms. The van der Waals surface area contributed by atoms with E-state index in [2.05, 4.69) is 48.6 Å². The molecule has 0 bridgehead atoms. The van der Waals surface area contributed by atoms with Gasteiger partial charge in [0.25, 0.3) is 0 Å². The van der Waals surface area contributed by atoms with Crippen molar-refractivity contribution in [3.8, 4) is 0 Å². The summed E-state index contributed by atoms with van der Waals surface area (Å²) in [4.78, 5) is 0. The molecule has 4 nitrogen and oxygen atoms in total. The van der Waals surface area contributed by atoms with Crippen molar-refractivity contribution in [3.63, 3.8) is 0 Å². The molecule has 1 unspecified atom stereocenters. The highest BCUT2D eigenvalue weighted by atomic mass is 16.4. The van der Waals surface area contributed by atoms with Crippen LogP contribution in [0.2, 0.25) is 0 Å². The lowest BCUT2D eigenvalue weighted by molar-refractivity contribution is 0.316. The van der Waals surface area contributed by atoms with Gasteiger partial charge in [0.15, 0.2) is 0 Å². The van der Waals surface area contributed by atoms with Crippen molar-refractivity contribution >= 4 is 5.84 Å². The molecular formula is C12H19N3O. The lowest BCUT2D eigenvalue weighted by atomic mass is 10.1. The van der Waals surface area contributed by atoms with Crippen molar-refractivity contribution in [2.24, 2.45) is 10.9 Å². The second-order valence-electron chi connectivity index (χ2n) is 3.93. The molecule has 0 heterocycles. The number of oxime groups is 1. The molecule has 1 atom stereocenters. The molecular weight excluding hydrogens is 202 g/mol. The van der Waals surface area contributed by atoms with Gasteiger partial charge in [-0.15, -0.1) is 0 Å². The number of rotatable bonds is 5. The molecule has 0 fully saturated rings. The minimum atomic E-state index is 0.253. The monoisotopic (exact) mass is 221 g/mol. The molecule has 1 rings (SSSR count). The van der Waals surface area contributed by atoms with Gasteiger partial charge in [0.05, 0.1) is 0 Å². The van der Waals surface area contributed by atoms with Crippen LogP contribution in [0.15, 0.2) is 29.4 Å². The SMILES string of the molecule is Cc1ccc(C(C)NCCC(N)=NO)cc1. The van der Waals surface area contributed by atoms with Gasteiger partial charge in [0.2, 0.25) is 0 Å². The Kier molecular flexibility index (Phi) is 4.79. The Balaban J connectivity index is 2.40. The minimum Gasteiger partial charge on any atom is -0.409 e. The highest BCUT2D eigenvalue weighted by Crippen LogP contribution is 2.12. The van der Waals surface area contributed by atoms with Crippen LogP contribution in [0.25, 0.3) is 0 Å². The zero-order chi connectivity index (χ0) is 12.0. The summed E-state index contributed by atoms with van der Waals surface area (Å²) < 4.78 is 0. The molecule has 88 valence electrons. The van der Waals surface area contributed by atoms with Crippen LogP contribution in [0.1, 0.15) is 30.5 Å². The normalized spacial score (nSPS) is 13.8. The van der Waals surface area contributed by atoms with Crippen LogP contribution in [0.3, 0.4) is 0 Å². The predicted molar refractivity (Wildman–Crippen MR) is 65.6 cm³/mol. The largest absolute Gasteiger partial charge is 0.409 e. The third-order valence-electron chi connectivity index (χ3n) is 2.54. The zero-order valence-electron chi connectivity index (χ0n) is 9.77. The number of nitrogens with two attached hydrogens (primary N) is 1. The Morgan fingerprint density at radius 3 is 2.62 bits per heavy atom. The third kappa shape index (κ3) is 3.90. The lowest BCUT2D eigenvalue weighted by Crippen LogP contribution is -2.24. The van der Waals surface area contributed by atoms with E-state index in [1.165, 1.54) is 11.1 Å². The summed E-state index contributed by atoms with van der Waals surface area (Å²) in [5.41, 5.74) is 7.88. The van der Waals surface area contributed by atoms with Crippen molar-refractivity contribution in [1.82, 2.24) is 5.32 Å². The van der Waals surface area contributed by atoms with Gasteiger partial charge in [-0.1, -0.05) is 35.0 Å². The van der Waals surface area contributed by atoms with E-state index in [0.717, 1.165) is 0 Å². The Morgan fingerprint density at radius 2 is 2.06 bits per heavy atom. The van der Waals surface area contributed by atoms with Crippen LogP contribution in [-0.4, -0.2) is 17.6 Å². The van der Waals surface area contributed by atoms with Gasteiger partial charge in [-0.05, 0) is 19.4 Å². The number of aryl methyl sites for hydroxylation is 1. The fourth-order valence-corrected chi connectivity index (χ4v) is 1.44. The predicted octanol–water partition coefficient (Wildman–Crippen LogP) is 1.78. The van der Waals surface area contributed by atoms with Crippen LogP contribution >= 0.6 is 0 Å². The first-order valence-electron chi connectivity index (χ1n) is 5.40. The third-order valence-corrected chi connectivity index (χ3v) is 2.54. The van der Waals surface area contributed by atoms with Gasteiger partial charge >= 0.3 is 0 Å². The molecule has 0 aliphatic heterocycles. The van der Waals surface area contributed by atoms with E-state index >= 15 is 0 Å². The van der Waals surface area contributed by atoms with Crippen LogP contribution in [-0.2, 0) is 0 Å². The summed E-state index contributed by atoms with van der Waals surface area (Å²) in [5, 5.41) is 14.6. The molecule has 1 aromatic carbocycles. The van der Waals surface area contributed by atoms with Gasteiger partial charge in [-0.2, -0.15) is 0 Å². The summed E-state index contributed by atoms with van der Waals surface area (Å²) in [6.07, 6.45) is 0.548. The van der Waals surface area contributed by atoms with Crippen LogP contribution in [0, 0.1) is 6.92 Å². The Bertz CT molecular complexity index is 346. The fraction of sp³-hybridized carbons (Fsp3) is 0.417. The van der Waals surface area contributed by atoms with Gasteiger partial charge < -0.3 is 16.3 Å². The summed E-state index contributed by atoms with van der Waals surface area (Å²) in [6, 6.07) is 8.67. The van der Waals surface area contributed by atoms with Gasteiger partial charge in [-0.25, -0.2) is 0 Å². The first-order valence-corrected chi connectivity index (χ1v) is 5.40. The summed E-state index contributed by atoms with van der Waals surface area (Å²) in [7, 11) is 0. The maximum atomic E-state index is 8.38. The van der Waals surface area contributed by atoms with Gasteiger partial charge in [0, 0.05) is 19.0 Å². The van der Waals surface area contributed by atoms with E-state index in [1.54, 1.807) is 0 Å². The maximum absolute atomic E-state index is 8.38.